The number of rotatable bonds is 8. The number of carbonyl (C=O) groups excluding carboxylic acids is 1. The van der Waals surface area contributed by atoms with Crippen molar-refractivity contribution < 1.29 is 13.9 Å². The fourth-order valence-electron chi connectivity index (χ4n) is 5.27. The average molecular weight is 506 g/mol. The van der Waals surface area contributed by atoms with Crippen molar-refractivity contribution in [2.24, 2.45) is 5.92 Å². The zero-order valence-electron chi connectivity index (χ0n) is 21.2. The molecule has 0 atom stereocenters. The first kappa shape index (κ1) is 24.7. The van der Waals surface area contributed by atoms with Gasteiger partial charge in [-0.05, 0) is 66.5 Å². The Hall–Kier alpha value is -3.95. The monoisotopic (exact) mass is 505 g/mol. The Labute approximate surface area is 214 Å². The van der Waals surface area contributed by atoms with Gasteiger partial charge in [0.2, 0.25) is 5.91 Å². The highest BCUT2D eigenvalue weighted by atomic mass is 19.1. The third-order valence-corrected chi connectivity index (χ3v) is 7.30. The summed E-state index contributed by atoms with van der Waals surface area (Å²) in [6, 6.07) is 7.99. The molecule has 0 saturated carbocycles. The molecule has 5 rings (SSSR count). The number of nitrogens with one attached hydrogen (secondary N) is 1. The zero-order chi connectivity index (χ0) is 25.9. The molecule has 0 aliphatic carbocycles. The number of likely N-dealkylation sites (tertiary alicyclic amines) is 1. The normalized spacial score (nSPS) is 14.4. The van der Waals surface area contributed by atoms with Crippen LogP contribution >= 0.6 is 0 Å². The number of aromatic nitrogens is 5. The summed E-state index contributed by atoms with van der Waals surface area (Å²) in [4.78, 5) is 29.2. The number of ether oxygens (including phenoxy) is 1. The maximum absolute atomic E-state index is 14.2. The molecule has 0 radical (unpaired) electrons. The van der Waals surface area contributed by atoms with Gasteiger partial charge in [0.1, 0.15) is 11.6 Å². The van der Waals surface area contributed by atoms with Crippen LogP contribution in [0.1, 0.15) is 44.0 Å². The number of aromatic amines is 1. The molecule has 37 heavy (non-hydrogen) atoms. The molecule has 194 valence electrons. The molecular weight excluding hydrogens is 473 g/mol. The highest BCUT2D eigenvalue weighted by Gasteiger charge is 2.22. The van der Waals surface area contributed by atoms with Gasteiger partial charge in [0.05, 0.1) is 7.11 Å². The van der Waals surface area contributed by atoms with Crippen molar-refractivity contribution in [1.29, 1.82) is 0 Å². The number of benzene rings is 1. The van der Waals surface area contributed by atoms with E-state index < -0.39 is 6.08 Å². The lowest BCUT2D eigenvalue weighted by Crippen LogP contribution is -2.37. The molecule has 3 N–H and O–H groups in total. The standard InChI is InChI=1S/C27H32FN7O2/c1-17(36)34-12-8-18(9-13-34)4-3-11-35-23(31-24-25(29)32-27(28)33-26(24)35)15-20-14-21(37-2)5-6-22(20)19-7-10-30-16-19/h5-7,10,14,16,18,30H,3-4,8-9,11-13,15H2,1-2H3,(H2,29,32,33). The first-order chi connectivity index (χ1) is 17.9. The predicted molar refractivity (Wildman–Crippen MR) is 139 cm³/mol. The second-order valence-electron chi connectivity index (χ2n) is 9.62. The van der Waals surface area contributed by atoms with Crippen LogP contribution in [0.4, 0.5) is 10.2 Å². The van der Waals surface area contributed by atoms with Crippen molar-refractivity contribution in [2.45, 2.75) is 45.6 Å². The van der Waals surface area contributed by atoms with E-state index in [9.17, 15) is 9.18 Å². The number of nitrogens with zero attached hydrogens (tertiary/aromatic N) is 5. The fourth-order valence-corrected chi connectivity index (χ4v) is 5.27. The van der Waals surface area contributed by atoms with Crippen LogP contribution in [0.25, 0.3) is 22.3 Å². The van der Waals surface area contributed by atoms with Crippen molar-refractivity contribution in [3.63, 3.8) is 0 Å². The number of amides is 1. The number of piperidine rings is 1. The minimum absolute atomic E-state index is 0.0376. The van der Waals surface area contributed by atoms with Crippen LogP contribution < -0.4 is 10.5 Å². The zero-order valence-corrected chi connectivity index (χ0v) is 21.2. The van der Waals surface area contributed by atoms with Gasteiger partial charge in [-0.3, -0.25) is 4.79 Å². The van der Waals surface area contributed by atoms with E-state index in [1.165, 1.54) is 0 Å². The molecule has 1 fully saturated rings. The minimum atomic E-state index is -0.858. The van der Waals surface area contributed by atoms with Gasteiger partial charge in [0.15, 0.2) is 17.0 Å². The summed E-state index contributed by atoms with van der Waals surface area (Å²) in [5.74, 6) is 2.24. The number of anilines is 1. The first-order valence-electron chi connectivity index (χ1n) is 12.7. The van der Waals surface area contributed by atoms with E-state index in [-0.39, 0.29) is 11.7 Å². The predicted octanol–water partition coefficient (Wildman–Crippen LogP) is 4.18. The number of aryl methyl sites for hydroxylation is 1. The van der Waals surface area contributed by atoms with Crippen LogP contribution in [-0.2, 0) is 17.8 Å². The smallest absolute Gasteiger partial charge is 0.312 e. The van der Waals surface area contributed by atoms with E-state index in [0.29, 0.717) is 30.0 Å². The van der Waals surface area contributed by atoms with Crippen molar-refractivity contribution in [3.8, 4) is 16.9 Å². The van der Waals surface area contributed by atoms with Crippen LogP contribution in [0.15, 0.2) is 36.7 Å². The Morgan fingerprint density at radius 1 is 1.22 bits per heavy atom. The van der Waals surface area contributed by atoms with Crippen LogP contribution in [0, 0.1) is 12.0 Å². The summed E-state index contributed by atoms with van der Waals surface area (Å²) in [7, 11) is 1.64. The Morgan fingerprint density at radius 2 is 2.03 bits per heavy atom. The molecule has 1 saturated heterocycles. The second-order valence-corrected chi connectivity index (χ2v) is 9.62. The Morgan fingerprint density at radius 3 is 2.73 bits per heavy atom. The second kappa shape index (κ2) is 10.6. The molecule has 9 nitrogen and oxygen atoms in total. The van der Waals surface area contributed by atoms with Gasteiger partial charge in [-0.2, -0.15) is 14.4 Å². The highest BCUT2D eigenvalue weighted by molar-refractivity contribution is 5.82. The molecule has 1 aromatic carbocycles. The van der Waals surface area contributed by atoms with Gasteiger partial charge in [-0.1, -0.05) is 6.07 Å². The number of nitrogens with two attached hydrogens (primary N) is 1. The van der Waals surface area contributed by atoms with Crippen molar-refractivity contribution in [1.82, 2.24) is 29.4 Å². The number of imidazole rings is 1. The summed E-state index contributed by atoms with van der Waals surface area (Å²) in [5.41, 5.74) is 10.0. The number of hydrogen-bond acceptors (Lipinski definition) is 6. The SMILES string of the molecule is COc1ccc(-c2cc[nH]c2)c(Cc2nc3c(N)nc(F)nc3n2CCCC2CCN(C(C)=O)CC2)c1. The Bertz CT molecular complexity index is 1390. The molecule has 4 heterocycles. The van der Waals surface area contributed by atoms with Crippen molar-refractivity contribution in [2.75, 3.05) is 25.9 Å². The van der Waals surface area contributed by atoms with Crippen LogP contribution in [0.2, 0.25) is 0 Å². The molecule has 1 aliphatic rings. The van der Waals surface area contributed by atoms with Crippen molar-refractivity contribution >= 4 is 22.9 Å². The highest BCUT2D eigenvalue weighted by Crippen LogP contribution is 2.31. The number of hydrogen-bond donors (Lipinski definition) is 2. The van der Waals surface area contributed by atoms with E-state index in [1.54, 1.807) is 14.0 Å². The van der Waals surface area contributed by atoms with Gasteiger partial charge < -0.3 is 24.9 Å². The van der Waals surface area contributed by atoms with E-state index in [1.807, 2.05) is 46.1 Å². The molecule has 1 aliphatic heterocycles. The number of halogens is 1. The summed E-state index contributed by atoms with van der Waals surface area (Å²) in [5, 5.41) is 0. The van der Waals surface area contributed by atoms with E-state index >= 15 is 0 Å². The maximum Gasteiger partial charge on any atom is 0.312 e. The van der Waals surface area contributed by atoms with E-state index in [4.69, 9.17) is 15.5 Å². The minimum Gasteiger partial charge on any atom is -0.497 e. The van der Waals surface area contributed by atoms with Gasteiger partial charge in [0.25, 0.3) is 0 Å². The third-order valence-electron chi connectivity index (χ3n) is 7.30. The number of nitrogen functional groups attached to an aromatic ring is 1. The van der Waals surface area contributed by atoms with Crippen LogP contribution in [0.5, 0.6) is 5.75 Å². The van der Waals surface area contributed by atoms with Gasteiger partial charge in [0, 0.05) is 45.4 Å². The molecule has 1 amide bonds. The van der Waals surface area contributed by atoms with Crippen LogP contribution in [0.3, 0.4) is 0 Å². The van der Waals surface area contributed by atoms with Crippen LogP contribution in [-0.4, -0.2) is 55.5 Å². The summed E-state index contributed by atoms with van der Waals surface area (Å²) in [6.45, 7) is 3.89. The fraction of sp³-hybridized carbons (Fsp3) is 0.407. The Kier molecular flexibility index (Phi) is 7.07. The summed E-state index contributed by atoms with van der Waals surface area (Å²) in [6.07, 6.45) is 7.38. The average Bonchev–Trinajstić information content (AvgIpc) is 3.53. The Balaban J connectivity index is 1.43. The number of H-pyrrole nitrogens is 1. The largest absolute Gasteiger partial charge is 0.497 e. The quantitative estimate of drug-likeness (QED) is 0.347. The topological polar surface area (TPSA) is 115 Å². The van der Waals surface area contributed by atoms with Gasteiger partial charge >= 0.3 is 6.08 Å². The number of fused-ring (bicyclic) bond motifs is 1. The van der Waals surface area contributed by atoms with Gasteiger partial charge in [-0.25, -0.2) is 4.98 Å². The molecule has 0 spiro atoms. The third kappa shape index (κ3) is 5.28. The summed E-state index contributed by atoms with van der Waals surface area (Å²) < 4.78 is 21.6. The number of methoxy groups -OCH3 is 1. The van der Waals surface area contributed by atoms with E-state index in [0.717, 1.165) is 67.0 Å². The molecule has 3 aromatic heterocycles. The molecular formula is C27H32FN7O2. The first-order valence-corrected chi connectivity index (χ1v) is 12.7. The lowest BCUT2D eigenvalue weighted by Gasteiger charge is -2.31. The lowest BCUT2D eigenvalue weighted by molar-refractivity contribution is -0.130. The maximum atomic E-state index is 14.2. The molecule has 0 unspecified atom stereocenters. The molecule has 10 heteroatoms. The molecule has 0 bridgehead atoms. The van der Waals surface area contributed by atoms with Crippen molar-refractivity contribution in [3.05, 3.63) is 54.1 Å². The lowest BCUT2D eigenvalue weighted by atomic mass is 9.92. The van der Waals surface area contributed by atoms with E-state index in [2.05, 4.69) is 15.0 Å². The number of carbonyl (C=O) groups is 1. The summed E-state index contributed by atoms with van der Waals surface area (Å²) >= 11 is 0. The molecule has 4 aromatic rings. The van der Waals surface area contributed by atoms with Gasteiger partial charge in [-0.15, -0.1) is 0 Å².